The van der Waals surface area contributed by atoms with Gasteiger partial charge in [-0.1, -0.05) is 12.1 Å². The standard InChI is InChI=1S/C16H23NO3/c1-18-14-5-3-4-13(16(14)19-2)15-11(8-9-20-15)10-17-12-6-7-12/h3-5,11-12,15,17H,6-10H2,1-2H3. The second-order valence-corrected chi connectivity index (χ2v) is 5.61. The predicted octanol–water partition coefficient (Wildman–Crippen LogP) is 2.53. The highest BCUT2D eigenvalue weighted by molar-refractivity contribution is 5.48. The second kappa shape index (κ2) is 6.02. The lowest BCUT2D eigenvalue weighted by Crippen LogP contribution is -2.26. The molecule has 2 fully saturated rings. The summed E-state index contributed by atoms with van der Waals surface area (Å²) < 4.78 is 16.9. The van der Waals surface area contributed by atoms with Crippen molar-refractivity contribution in [2.45, 2.75) is 31.4 Å². The zero-order valence-electron chi connectivity index (χ0n) is 12.2. The Morgan fingerprint density at radius 1 is 1.20 bits per heavy atom. The van der Waals surface area contributed by atoms with Crippen LogP contribution in [0.4, 0.5) is 0 Å². The molecular weight excluding hydrogens is 254 g/mol. The molecule has 1 aliphatic heterocycles. The number of hydrogen-bond donors (Lipinski definition) is 1. The number of ether oxygens (including phenoxy) is 3. The third-order valence-electron chi connectivity index (χ3n) is 4.20. The molecule has 0 aromatic heterocycles. The van der Waals surface area contributed by atoms with Crippen molar-refractivity contribution in [3.8, 4) is 11.5 Å². The van der Waals surface area contributed by atoms with E-state index < -0.39 is 0 Å². The van der Waals surface area contributed by atoms with E-state index >= 15 is 0 Å². The van der Waals surface area contributed by atoms with Crippen molar-refractivity contribution in [3.05, 3.63) is 23.8 Å². The summed E-state index contributed by atoms with van der Waals surface area (Å²) in [5, 5.41) is 3.61. The highest BCUT2D eigenvalue weighted by Gasteiger charge is 2.33. The topological polar surface area (TPSA) is 39.7 Å². The first-order valence-corrected chi connectivity index (χ1v) is 7.39. The fourth-order valence-corrected chi connectivity index (χ4v) is 2.93. The molecule has 1 N–H and O–H groups in total. The van der Waals surface area contributed by atoms with Gasteiger partial charge in [0.25, 0.3) is 0 Å². The Balaban J connectivity index is 1.78. The summed E-state index contributed by atoms with van der Waals surface area (Å²) in [5.74, 6) is 2.09. The number of rotatable bonds is 6. The van der Waals surface area contributed by atoms with Gasteiger partial charge in [0.2, 0.25) is 0 Å². The fourth-order valence-electron chi connectivity index (χ4n) is 2.93. The van der Waals surface area contributed by atoms with Gasteiger partial charge in [0.05, 0.1) is 20.3 Å². The summed E-state index contributed by atoms with van der Waals surface area (Å²) in [4.78, 5) is 0. The average Bonchev–Trinajstić information content (AvgIpc) is 3.20. The van der Waals surface area contributed by atoms with Gasteiger partial charge in [-0.3, -0.25) is 0 Å². The van der Waals surface area contributed by atoms with Gasteiger partial charge in [-0.15, -0.1) is 0 Å². The third-order valence-corrected chi connectivity index (χ3v) is 4.20. The summed E-state index contributed by atoms with van der Waals surface area (Å²) in [7, 11) is 3.36. The van der Waals surface area contributed by atoms with Crippen LogP contribution in [0.25, 0.3) is 0 Å². The molecule has 0 amide bonds. The maximum absolute atomic E-state index is 5.97. The minimum Gasteiger partial charge on any atom is -0.493 e. The van der Waals surface area contributed by atoms with Crippen LogP contribution in [0.1, 0.15) is 30.9 Å². The van der Waals surface area contributed by atoms with E-state index in [1.54, 1.807) is 14.2 Å². The Morgan fingerprint density at radius 2 is 2.05 bits per heavy atom. The van der Waals surface area contributed by atoms with Crippen molar-refractivity contribution in [3.63, 3.8) is 0 Å². The van der Waals surface area contributed by atoms with Crippen molar-refractivity contribution in [2.75, 3.05) is 27.4 Å². The Kier molecular flexibility index (Phi) is 4.13. The van der Waals surface area contributed by atoms with Crippen molar-refractivity contribution in [2.24, 2.45) is 5.92 Å². The van der Waals surface area contributed by atoms with Gasteiger partial charge < -0.3 is 19.5 Å². The van der Waals surface area contributed by atoms with Crippen LogP contribution in [-0.2, 0) is 4.74 Å². The first-order chi connectivity index (χ1) is 9.83. The van der Waals surface area contributed by atoms with Gasteiger partial charge in [-0.25, -0.2) is 0 Å². The van der Waals surface area contributed by atoms with E-state index in [4.69, 9.17) is 14.2 Å². The van der Waals surface area contributed by atoms with Crippen LogP contribution in [0.15, 0.2) is 18.2 Å². The van der Waals surface area contributed by atoms with Crippen LogP contribution in [-0.4, -0.2) is 33.4 Å². The quantitative estimate of drug-likeness (QED) is 0.867. The predicted molar refractivity (Wildman–Crippen MR) is 77.4 cm³/mol. The minimum absolute atomic E-state index is 0.103. The first kappa shape index (κ1) is 13.7. The van der Waals surface area contributed by atoms with Gasteiger partial charge >= 0.3 is 0 Å². The molecule has 0 radical (unpaired) electrons. The normalized spacial score (nSPS) is 25.7. The summed E-state index contributed by atoms with van der Waals surface area (Å²) in [5.41, 5.74) is 1.10. The molecule has 110 valence electrons. The van der Waals surface area contributed by atoms with Gasteiger partial charge in [0, 0.05) is 30.7 Å². The summed E-state index contributed by atoms with van der Waals surface area (Å²) in [6, 6.07) is 6.75. The Labute approximate surface area is 120 Å². The molecule has 2 unspecified atom stereocenters. The fraction of sp³-hybridized carbons (Fsp3) is 0.625. The lowest BCUT2D eigenvalue weighted by molar-refractivity contribution is 0.0878. The summed E-state index contributed by atoms with van der Waals surface area (Å²) >= 11 is 0. The smallest absolute Gasteiger partial charge is 0.166 e. The van der Waals surface area contributed by atoms with E-state index in [1.807, 2.05) is 12.1 Å². The molecule has 1 aromatic carbocycles. The van der Waals surface area contributed by atoms with Gasteiger partial charge in [0.1, 0.15) is 0 Å². The van der Waals surface area contributed by atoms with E-state index in [1.165, 1.54) is 12.8 Å². The Morgan fingerprint density at radius 3 is 2.75 bits per heavy atom. The van der Waals surface area contributed by atoms with E-state index in [0.717, 1.165) is 42.7 Å². The molecule has 3 rings (SSSR count). The highest BCUT2D eigenvalue weighted by atomic mass is 16.5. The van der Waals surface area contributed by atoms with Crippen LogP contribution in [0.5, 0.6) is 11.5 Å². The molecule has 2 aliphatic rings. The SMILES string of the molecule is COc1cccc(C2OCCC2CNC2CC2)c1OC. The van der Waals surface area contributed by atoms with Crippen LogP contribution < -0.4 is 14.8 Å². The molecular formula is C16H23NO3. The van der Waals surface area contributed by atoms with E-state index in [9.17, 15) is 0 Å². The molecule has 4 heteroatoms. The number of benzene rings is 1. The van der Waals surface area contributed by atoms with Crippen LogP contribution in [0.3, 0.4) is 0 Å². The molecule has 1 saturated carbocycles. The van der Waals surface area contributed by atoms with Crippen LogP contribution in [0, 0.1) is 5.92 Å². The number of para-hydroxylation sites is 1. The second-order valence-electron chi connectivity index (χ2n) is 5.61. The van der Waals surface area contributed by atoms with E-state index in [-0.39, 0.29) is 6.10 Å². The lowest BCUT2D eigenvalue weighted by Gasteiger charge is -2.22. The molecule has 1 saturated heterocycles. The molecule has 4 nitrogen and oxygen atoms in total. The van der Waals surface area contributed by atoms with Crippen molar-refractivity contribution in [1.29, 1.82) is 0 Å². The molecule has 1 aromatic rings. The van der Waals surface area contributed by atoms with Gasteiger partial charge in [-0.2, -0.15) is 0 Å². The monoisotopic (exact) mass is 277 g/mol. The minimum atomic E-state index is 0.103. The van der Waals surface area contributed by atoms with Gasteiger partial charge in [0.15, 0.2) is 11.5 Å². The zero-order chi connectivity index (χ0) is 13.9. The third kappa shape index (κ3) is 2.76. The zero-order valence-corrected chi connectivity index (χ0v) is 12.2. The Bertz CT molecular complexity index is 459. The number of methoxy groups -OCH3 is 2. The summed E-state index contributed by atoms with van der Waals surface area (Å²) in [6.45, 7) is 1.84. The Hall–Kier alpha value is -1.26. The highest BCUT2D eigenvalue weighted by Crippen LogP contribution is 2.42. The van der Waals surface area contributed by atoms with Crippen LogP contribution in [0.2, 0.25) is 0 Å². The molecule has 0 bridgehead atoms. The molecule has 20 heavy (non-hydrogen) atoms. The molecule has 1 heterocycles. The first-order valence-electron chi connectivity index (χ1n) is 7.39. The maximum atomic E-state index is 5.97. The summed E-state index contributed by atoms with van der Waals surface area (Å²) in [6.07, 6.45) is 3.85. The maximum Gasteiger partial charge on any atom is 0.166 e. The molecule has 2 atom stereocenters. The van der Waals surface area contributed by atoms with Crippen LogP contribution >= 0.6 is 0 Å². The number of nitrogens with one attached hydrogen (secondary N) is 1. The lowest BCUT2D eigenvalue weighted by atomic mass is 9.94. The van der Waals surface area contributed by atoms with E-state index in [2.05, 4.69) is 11.4 Å². The molecule has 1 aliphatic carbocycles. The average molecular weight is 277 g/mol. The van der Waals surface area contributed by atoms with Crippen molar-refractivity contribution < 1.29 is 14.2 Å². The largest absolute Gasteiger partial charge is 0.493 e. The number of hydrogen-bond acceptors (Lipinski definition) is 4. The molecule has 0 spiro atoms. The van der Waals surface area contributed by atoms with Crippen molar-refractivity contribution in [1.82, 2.24) is 5.32 Å². The van der Waals surface area contributed by atoms with E-state index in [0.29, 0.717) is 5.92 Å². The van der Waals surface area contributed by atoms with Gasteiger partial charge in [-0.05, 0) is 25.3 Å². The van der Waals surface area contributed by atoms with Crippen molar-refractivity contribution >= 4 is 0 Å².